The fourth-order valence-electron chi connectivity index (χ4n) is 2.93. The van der Waals surface area contributed by atoms with Gasteiger partial charge in [0.25, 0.3) is 0 Å². The fourth-order valence-corrected chi connectivity index (χ4v) is 2.93. The van der Waals surface area contributed by atoms with E-state index in [0.717, 1.165) is 12.8 Å². The molecule has 2 aromatic carbocycles. The number of benzene rings is 2. The molecular weight excluding hydrogens is 328 g/mol. The van der Waals surface area contributed by atoms with Crippen LogP contribution < -0.4 is 0 Å². The molecule has 1 atom stereocenters. The zero-order chi connectivity index (χ0) is 18.8. The van der Waals surface area contributed by atoms with Crippen molar-refractivity contribution < 1.29 is 19.1 Å². The van der Waals surface area contributed by atoms with Crippen LogP contribution in [0, 0.1) is 0 Å². The Bertz CT molecular complexity index is 697. The van der Waals surface area contributed by atoms with Crippen LogP contribution in [0.2, 0.25) is 0 Å². The van der Waals surface area contributed by atoms with Crippen molar-refractivity contribution in [3.05, 3.63) is 71.8 Å². The molecular formula is C22H26O4. The van der Waals surface area contributed by atoms with E-state index in [1.165, 1.54) is 0 Å². The first-order valence-corrected chi connectivity index (χ1v) is 9.11. The highest BCUT2D eigenvalue weighted by atomic mass is 16.6. The van der Waals surface area contributed by atoms with E-state index in [-0.39, 0.29) is 18.5 Å². The van der Waals surface area contributed by atoms with Gasteiger partial charge < -0.3 is 9.47 Å². The van der Waals surface area contributed by atoms with Crippen molar-refractivity contribution in [2.45, 2.75) is 45.1 Å². The Morgan fingerprint density at radius 2 is 1.35 bits per heavy atom. The molecule has 0 N–H and O–H groups in total. The summed E-state index contributed by atoms with van der Waals surface area (Å²) in [6, 6.07) is 17.8. The van der Waals surface area contributed by atoms with Gasteiger partial charge in [0.15, 0.2) is 0 Å². The van der Waals surface area contributed by atoms with Crippen molar-refractivity contribution in [1.82, 2.24) is 0 Å². The third kappa shape index (κ3) is 5.45. The maximum absolute atomic E-state index is 12.5. The number of esters is 2. The first-order valence-electron chi connectivity index (χ1n) is 9.11. The van der Waals surface area contributed by atoms with Crippen molar-refractivity contribution in [2.24, 2.45) is 0 Å². The van der Waals surface area contributed by atoms with Crippen LogP contribution in [0.3, 0.4) is 0 Å². The molecule has 0 aromatic heterocycles. The van der Waals surface area contributed by atoms with E-state index in [1.54, 1.807) is 36.4 Å². The first kappa shape index (κ1) is 19.7. The van der Waals surface area contributed by atoms with Crippen molar-refractivity contribution in [3.8, 4) is 0 Å². The third-order valence-electron chi connectivity index (χ3n) is 4.47. The average molecular weight is 354 g/mol. The average Bonchev–Trinajstić information content (AvgIpc) is 2.69. The molecule has 0 amide bonds. The molecule has 0 spiro atoms. The lowest BCUT2D eigenvalue weighted by molar-refractivity contribution is -0.0395. The van der Waals surface area contributed by atoms with E-state index >= 15 is 0 Å². The summed E-state index contributed by atoms with van der Waals surface area (Å²) < 4.78 is 11.3. The van der Waals surface area contributed by atoms with Crippen molar-refractivity contribution in [1.29, 1.82) is 0 Å². The second-order valence-corrected chi connectivity index (χ2v) is 6.29. The first-order chi connectivity index (χ1) is 12.6. The number of ether oxygens (including phenoxy) is 2. The van der Waals surface area contributed by atoms with Crippen molar-refractivity contribution in [3.63, 3.8) is 0 Å². The van der Waals surface area contributed by atoms with Crippen molar-refractivity contribution >= 4 is 11.9 Å². The van der Waals surface area contributed by atoms with Crippen LogP contribution in [-0.4, -0.2) is 24.1 Å². The minimum absolute atomic E-state index is 0.212. The zero-order valence-electron chi connectivity index (χ0n) is 15.4. The highest BCUT2D eigenvalue weighted by molar-refractivity contribution is 5.90. The summed E-state index contributed by atoms with van der Waals surface area (Å²) in [5.41, 5.74) is 0.424. The predicted octanol–water partition coefficient (Wildman–Crippen LogP) is 5.04. The van der Waals surface area contributed by atoms with Crippen LogP contribution >= 0.6 is 0 Å². The van der Waals surface area contributed by atoms with Gasteiger partial charge in [0, 0.05) is 6.42 Å². The second kappa shape index (κ2) is 9.76. The Kier molecular flexibility index (Phi) is 7.39. The molecule has 2 rings (SSSR count). The molecule has 4 nitrogen and oxygen atoms in total. The topological polar surface area (TPSA) is 52.6 Å². The Hall–Kier alpha value is -2.62. The maximum Gasteiger partial charge on any atom is 0.338 e. The minimum Gasteiger partial charge on any atom is -0.462 e. The van der Waals surface area contributed by atoms with Crippen LogP contribution in [0.5, 0.6) is 0 Å². The third-order valence-corrected chi connectivity index (χ3v) is 4.47. The number of carbonyl (C=O) groups excluding carboxylic acids is 2. The number of hydrogen-bond acceptors (Lipinski definition) is 4. The smallest absolute Gasteiger partial charge is 0.338 e. The quantitative estimate of drug-likeness (QED) is 0.592. The van der Waals surface area contributed by atoms with Crippen LogP contribution in [0.4, 0.5) is 0 Å². The molecule has 0 aliphatic rings. The molecule has 0 aliphatic heterocycles. The zero-order valence-corrected chi connectivity index (χ0v) is 15.4. The van der Waals surface area contributed by atoms with Gasteiger partial charge in [-0.25, -0.2) is 9.59 Å². The molecule has 0 aliphatic carbocycles. The Morgan fingerprint density at radius 1 is 0.808 bits per heavy atom. The Labute approximate surface area is 155 Å². The van der Waals surface area contributed by atoms with Gasteiger partial charge in [0.1, 0.15) is 5.60 Å². The minimum atomic E-state index is -0.626. The summed E-state index contributed by atoms with van der Waals surface area (Å²) in [6.07, 6.45) is 2.75. The lowest BCUT2D eigenvalue weighted by Gasteiger charge is -2.32. The fraction of sp³-hybridized carbons (Fsp3) is 0.364. The molecule has 0 heterocycles. The highest BCUT2D eigenvalue weighted by Gasteiger charge is 2.32. The molecule has 1 unspecified atom stereocenters. The maximum atomic E-state index is 12.5. The lowest BCUT2D eigenvalue weighted by atomic mass is 9.91. The van der Waals surface area contributed by atoms with E-state index in [4.69, 9.17) is 9.47 Å². The molecule has 138 valence electrons. The predicted molar refractivity (Wildman–Crippen MR) is 101 cm³/mol. The Balaban J connectivity index is 1.99. The molecule has 0 bridgehead atoms. The van der Waals surface area contributed by atoms with Gasteiger partial charge in [-0.15, -0.1) is 0 Å². The van der Waals surface area contributed by atoms with Gasteiger partial charge in [0.05, 0.1) is 17.7 Å². The van der Waals surface area contributed by atoms with E-state index in [1.807, 2.05) is 31.2 Å². The van der Waals surface area contributed by atoms with Crippen LogP contribution in [-0.2, 0) is 9.47 Å². The normalized spacial score (nSPS) is 12.8. The molecule has 0 fully saturated rings. The van der Waals surface area contributed by atoms with Gasteiger partial charge in [-0.1, -0.05) is 56.7 Å². The summed E-state index contributed by atoms with van der Waals surface area (Å²) in [6.45, 7) is 4.26. The number of hydrogen-bond donors (Lipinski definition) is 0. The van der Waals surface area contributed by atoms with Gasteiger partial charge in [-0.2, -0.15) is 0 Å². The van der Waals surface area contributed by atoms with E-state index in [9.17, 15) is 9.59 Å². The number of rotatable bonds is 9. The van der Waals surface area contributed by atoms with E-state index < -0.39 is 5.60 Å². The standard InChI is InChI=1S/C22H26O4/c1-3-15-22(4-2,26-21(24)19-13-9-6-10-14-19)16-17-25-20(23)18-11-7-5-8-12-18/h5-14H,3-4,15-17H2,1-2H3. The summed E-state index contributed by atoms with van der Waals surface area (Å²) in [4.78, 5) is 24.6. The molecule has 0 saturated carbocycles. The summed E-state index contributed by atoms with van der Waals surface area (Å²) in [5.74, 6) is -0.697. The monoisotopic (exact) mass is 354 g/mol. The van der Waals surface area contributed by atoms with Gasteiger partial charge >= 0.3 is 11.9 Å². The van der Waals surface area contributed by atoms with E-state index in [2.05, 4.69) is 6.92 Å². The van der Waals surface area contributed by atoms with Crippen molar-refractivity contribution in [2.75, 3.05) is 6.61 Å². The van der Waals surface area contributed by atoms with Crippen LogP contribution in [0.15, 0.2) is 60.7 Å². The second-order valence-electron chi connectivity index (χ2n) is 6.29. The highest BCUT2D eigenvalue weighted by Crippen LogP contribution is 2.28. The van der Waals surface area contributed by atoms with Gasteiger partial charge in [-0.3, -0.25) is 0 Å². The molecule has 4 heteroatoms. The largest absolute Gasteiger partial charge is 0.462 e. The summed E-state index contributed by atoms with van der Waals surface area (Å²) in [5, 5.41) is 0. The SMILES string of the molecule is CCCC(CC)(CCOC(=O)c1ccccc1)OC(=O)c1ccccc1. The molecule has 0 saturated heterocycles. The Morgan fingerprint density at radius 3 is 1.85 bits per heavy atom. The summed E-state index contributed by atoms with van der Waals surface area (Å²) >= 11 is 0. The number of carbonyl (C=O) groups is 2. The van der Waals surface area contributed by atoms with Crippen LogP contribution in [0.1, 0.15) is 60.2 Å². The summed E-state index contributed by atoms with van der Waals surface area (Å²) in [7, 11) is 0. The van der Waals surface area contributed by atoms with Crippen LogP contribution in [0.25, 0.3) is 0 Å². The molecule has 2 aromatic rings. The van der Waals surface area contributed by atoms with Gasteiger partial charge in [-0.05, 0) is 37.1 Å². The molecule has 26 heavy (non-hydrogen) atoms. The van der Waals surface area contributed by atoms with Gasteiger partial charge in [0.2, 0.25) is 0 Å². The lowest BCUT2D eigenvalue weighted by Crippen LogP contribution is -2.36. The van der Waals surface area contributed by atoms with E-state index in [0.29, 0.717) is 24.0 Å². The molecule has 0 radical (unpaired) electrons.